The molecule has 2 aliphatic rings. The first-order chi connectivity index (χ1) is 10.1. The quantitative estimate of drug-likeness (QED) is 0.859. The van der Waals surface area contributed by atoms with Gasteiger partial charge >= 0.3 is 0 Å². The highest BCUT2D eigenvalue weighted by Gasteiger charge is 2.39. The molecule has 0 radical (unpaired) electrons. The lowest BCUT2D eigenvalue weighted by atomic mass is 9.99. The molecule has 0 aliphatic carbocycles. The second-order valence-corrected chi connectivity index (χ2v) is 6.81. The molecule has 1 aromatic carbocycles. The molecule has 2 heterocycles. The van der Waals surface area contributed by atoms with Crippen LogP contribution in [0.1, 0.15) is 42.5 Å². The van der Waals surface area contributed by atoms with Crippen molar-refractivity contribution in [2.45, 2.75) is 50.3 Å². The number of rotatable bonds is 4. The van der Waals surface area contributed by atoms with E-state index in [0.29, 0.717) is 34.1 Å². The Bertz CT molecular complexity index is 535. The summed E-state index contributed by atoms with van der Waals surface area (Å²) in [6.07, 6.45) is 4.22. The molecule has 5 heteroatoms. The molecule has 2 unspecified atom stereocenters. The van der Waals surface area contributed by atoms with Crippen LogP contribution in [-0.4, -0.2) is 40.5 Å². The fraction of sp³-hybridized carbons (Fsp3) is 0.562. The molecule has 0 spiro atoms. The molecular weight excluding hydrogens is 309 g/mol. The molecule has 1 N–H and O–H groups in total. The SMILES string of the molecule is O=C(CCN1C2CCC1CC(O)C2)c1cccc(Cl)c1Cl. The minimum absolute atomic E-state index is 0.0352. The average molecular weight is 328 g/mol. The van der Waals surface area contributed by atoms with Crippen molar-refractivity contribution >= 4 is 29.0 Å². The molecule has 1 aromatic rings. The van der Waals surface area contributed by atoms with Gasteiger partial charge in [-0.2, -0.15) is 0 Å². The minimum atomic E-state index is -0.170. The van der Waals surface area contributed by atoms with E-state index in [4.69, 9.17) is 23.2 Å². The maximum Gasteiger partial charge on any atom is 0.165 e. The number of carbonyl (C=O) groups excluding carboxylic acids is 1. The number of benzene rings is 1. The van der Waals surface area contributed by atoms with Crippen LogP contribution in [0.2, 0.25) is 10.0 Å². The van der Waals surface area contributed by atoms with E-state index in [9.17, 15) is 9.90 Å². The molecule has 114 valence electrons. The average Bonchev–Trinajstić information content (AvgIpc) is 2.69. The second-order valence-electron chi connectivity index (χ2n) is 6.02. The van der Waals surface area contributed by atoms with E-state index in [1.807, 2.05) is 0 Å². The largest absolute Gasteiger partial charge is 0.393 e. The van der Waals surface area contributed by atoms with E-state index in [0.717, 1.165) is 32.2 Å². The molecule has 0 aromatic heterocycles. The van der Waals surface area contributed by atoms with Gasteiger partial charge in [0.1, 0.15) is 0 Å². The van der Waals surface area contributed by atoms with Crippen LogP contribution in [0, 0.1) is 0 Å². The number of aliphatic hydroxyl groups is 1. The maximum atomic E-state index is 12.3. The second kappa shape index (κ2) is 6.25. The summed E-state index contributed by atoms with van der Waals surface area (Å²) >= 11 is 12.1. The summed E-state index contributed by atoms with van der Waals surface area (Å²) in [6.45, 7) is 0.740. The number of Topliss-reactive ketones (excluding diaryl/α,β-unsaturated/α-hetero) is 1. The molecule has 0 amide bonds. The van der Waals surface area contributed by atoms with Crippen LogP contribution >= 0.6 is 23.2 Å². The highest BCUT2D eigenvalue weighted by molar-refractivity contribution is 6.43. The first-order valence-corrected chi connectivity index (χ1v) is 8.23. The van der Waals surface area contributed by atoms with Gasteiger partial charge in [0.25, 0.3) is 0 Å². The van der Waals surface area contributed by atoms with Crippen LogP contribution in [0.3, 0.4) is 0 Å². The zero-order chi connectivity index (χ0) is 15.0. The van der Waals surface area contributed by atoms with Gasteiger partial charge in [0.15, 0.2) is 5.78 Å². The maximum absolute atomic E-state index is 12.3. The number of nitrogens with zero attached hydrogens (tertiary/aromatic N) is 1. The molecule has 2 aliphatic heterocycles. The summed E-state index contributed by atoms with van der Waals surface area (Å²) < 4.78 is 0. The summed E-state index contributed by atoms with van der Waals surface area (Å²) in [5.41, 5.74) is 0.508. The Balaban J connectivity index is 1.63. The number of halogens is 2. The predicted octanol–water partition coefficient (Wildman–Crippen LogP) is 3.55. The lowest BCUT2D eigenvalue weighted by molar-refractivity contribution is 0.0349. The van der Waals surface area contributed by atoms with Crippen LogP contribution < -0.4 is 0 Å². The van der Waals surface area contributed by atoms with Gasteiger partial charge in [-0.1, -0.05) is 29.3 Å². The molecule has 2 bridgehead atoms. The molecule has 0 saturated carbocycles. The van der Waals surface area contributed by atoms with Gasteiger partial charge in [0.05, 0.1) is 16.1 Å². The summed E-state index contributed by atoms with van der Waals surface area (Å²) in [5.74, 6) is 0.0352. The number of aliphatic hydroxyl groups excluding tert-OH is 1. The van der Waals surface area contributed by atoms with Gasteiger partial charge in [-0.25, -0.2) is 0 Å². The Morgan fingerprint density at radius 2 is 1.90 bits per heavy atom. The number of ketones is 1. The van der Waals surface area contributed by atoms with E-state index in [2.05, 4.69) is 4.90 Å². The van der Waals surface area contributed by atoms with Crippen molar-refractivity contribution in [1.82, 2.24) is 4.90 Å². The summed E-state index contributed by atoms with van der Waals surface area (Å²) in [4.78, 5) is 14.7. The number of fused-ring (bicyclic) bond motifs is 2. The highest BCUT2D eigenvalue weighted by atomic mass is 35.5. The molecule has 3 nitrogen and oxygen atoms in total. The number of piperidine rings is 1. The summed E-state index contributed by atoms with van der Waals surface area (Å²) in [5, 5.41) is 10.6. The van der Waals surface area contributed by atoms with Crippen molar-refractivity contribution in [2.24, 2.45) is 0 Å². The number of hydrogen-bond donors (Lipinski definition) is 1. The lowest BCUT2D eigenvalue weighted by Crippen LogP contribution is -2.45. The molecular formula is C16H19Cl2NO2. The Kier molecular flexibility index (Phi) is 4.55. The van der Waals surface area contributed by atoms with E-state index < -0.39 is 0 Å². The molecule has 2 atom stereocenters. The monoisotopic (exact) mass is 327 g/mol. The van der Waals surface area contributed by atoms with Crippen molar-refractivity contribution < 1.29 is 9.90 Å². The van der Waals surface area contributed by atoms with Crippen LogP contribution in [-0.2, 0) is 0 Å². The van der Waals surface area contributed by atoms with E-state index in [-0.39, 0.29) is 11.9 Å². The van der Waals surface area contributed by atoms with Gasteiger partial charge in [-0.15, -0.1) is 0 Å². The smallest absolute Gasteiger partial charge is 0.165 e. The number of hydrogen-bond acceptors (Lipinski definition) is 3. The van der Waals surface area contributed by atoms with Crippen molar-refractivity contribution in [3.8, 4) is 0 Å². The third-order valence-corrected chi connectivity index (χ3v) is 5.53. The summed E-state index contributed by atoms with van der Waals surface area (Å²) in [6, 6.07) is 6.03. The normalized spacial score (nSPS) is 28.8. The third-order valence-electron chi connectivity index (χ3n) is 4.71. The minimum Gasteiger partial charge on any atom is -0.393 e. The Morgan fingerprint density at radius 1 is 1.24 bits per heavy atom. The fourth-order valence-electron chi connectivity index (χ4n) is 3.70. The fourth-order valence-corrected chi connectivity index (χ4v) is 4.10. The number of carbonyl (C=O) groups is 1. The Morgan fingerprint density at radius 3 is 2.57 bits per heavy atom. The van der Waals surface area contributed by atoms with Crippen LogP contribution in [0.15, 0.2) is 18.2 Å². The van der Waals surface area contributed by atoms with Gasteiger partial charge in [0.2, 0.25) is 0 Å². The zero-order valence-electron chi connectivity index (χ0n) is 11.8. The van der Waals surface area contributed by atoms with Crippen molar-refractivity contribution in [1.29, 1.82) is 0 Å². The van der Waals surface area contributed by atoms with E-state index >= 15 is 0 Å². The first kappa shape index (κ1) is 15.3. The van der Waals surface area contributed by atoms with Gasteiger partial charge in [-0.05, 0) is 37.8 Å². The van der Waals surface area contributed by atoms with Crippen LogP contribution in [0.5, 0.6) is 0 Å². The third kappa shape index (κ3) is 3.11. The lowest BCUT2D eigenvalue weighted by Gasteiger charge is -2.37. The van der Waals surface area contributed by atoms with Gasteiger partial charge < -0.3 is 5.11 Å². The topological polar surface area (TPSA) is 40.5 Å². The van der Waals surface area contributed by atoms with Crippen LogP contribution in [0.25, 0.3) is 0 Å². The summed E-state index contributed by atoms with van der Waals surface area (Å²) in [7, 11) is 0. The first-order valence-electron chi connectivity index (χ1n) is 7.47. The standard InChI is InChI=1S/C16H19Cl2NO2/c17-14-3-1-2-13(16(14)18)15(21)6-7-19-10-4-5-11(19)9-12(20)8-10/h1-3,10-12,20H,4-9H2. The molecule has 2 fully saturated rings. The van der Waals surface area contributed by atoms with E-state index in [1.165, 1.54) is 0 Å². The van der Waals surface area contributed by atoms with Gasteiger partial charge in [-0.3, -0.25) is 9.69 Å². The molecule has 2 saturated heterocycles. The Labute approximate surface area is 134 Å². The Hall–Kier alpha value is -0.610. The zero-order valence-corrected chi connectivity index (χ0v) is 13.3. The van der Waals surface area contributed by atoms with Crippen molar-refractivity contribution in [2.75, 3.05) is 6.54 Å². The van der Waals surface area contributed by atoms with Gasteiger partial charge in [0, 0.05) is 30.6 Å². The predicted molar refractivity (Wildman–Crippen MR) is 84.2 cm³/mol. The molecule has 21 heavy (non-hydrogen) atoms. The van der Waals surface area contributed by atoms with Crippen molar-refractivity contribution in [3.63, 3.8) is 0 Å². The highest BCUT2D eigenvalue weighted by Crippen LogP contribution is 2.36. The van der Waals surface area contributed by atoms with Crippen molar-refractivity contribution in [3.05, 3.63) is 33.8 Å². The molecule has 3 rings (SSSR count). The van der Waals surface area contributed by atoms with Crippen LogP contribution in [0.4, 0.5) is 0 Å². The van der Waals surface area contributed by atoms with E-state index in [1.54, 1.807) is 18.2 Å².